The second-order valence-corrected chi connectivity index (χ2v) is 5.68. The van der Waals surface area contributed by atoms with Gasteiger partial charge in [-0.3, -0.25) is 0 Å². The third-order valence-electron chi connectivity index (χ3n) is 2.31. The lowest BCUT2D eigenvalue weighted by molar-refractivity contribution is -0.131. The Hall–Kier alpha value is -1.62. The number of carboxylic acids is 1. The molecule has 0 fully saturated rings. The van der Waals surface area contributed by atoms with Gasteiger partial charge >= 0.3 is 5.97 Å². The summed E-state index contributed by atoms with van der Waals surface area (Å²) in [6.07, 6.45) is 2.75. The number of aliphatic carboxylic acids is 1. The quantitative estimate of drug-likeness (QED) is 0.834. The van der Waals surface area contributed by atoms with E-state index in [-0.39, 0.29) is 4.90 Å². The van der Waals surface area contributed by atoms with Gasteiger partial charge in [0, 0.05) is 12.3 Å². The van der Waals surface area contributed by atoms with Crippen LogP contribution in [-0.2, 0) is 14.6 Å². The molecule has 92 valence electrons. The largest absolute Gasteiger partial charge is 0.478 e. The molecule has 0 amide bonds. The number of rotatable bonds is 4. The van der Waals surface area contributed by atoms with E-state index >= 15 is 0 Å². The summed E-state index contributed by atoms with van der Waals surface area (Å²) in [5.74, 6) is -1.04. The van der Waals surface area contributed by atoms with E-state index in [4.69, 9.17) is 5.11 Å². The number of hydrogen-bond donors (Lipinski definition) is 1. The van der Waals surface area contributed by atoms with Crippen LogP contribution in [0.2, 0.25) is 0 Å². The number of carbonyl (C=O) groups is 1. The van der Waals surface area contributed by atoms with E-state index in [1.54, 1.807) is 12.1 Å². The fourth-order valence-electron chi connectivity index (χ4n) is 1.47. The average Bonchev–Trinajstić information content (AvgIpc) is 2.24. The van der Waals surface area contributed by atoms with Crippen LogP contribution in [0.5, 0.6) is 0 Å². The van der Waals surface area contributed by atoms with E-state index in [0.717, 1.165) is 12.3 Å². The van der Waals surface area contributed by atoms with E-state index < -0.39 is 15.8 Å². The van der Waals surface area contributed by atoms with E-state index in [0.29, 0.717) is 17.6 Å². The monoisotopic (exact) mass is 254 g/mol. The Balaban J connectivity index is 3.28. The highest BCUT2D eigenvalue weighted by atomic mass is 32.2. The van der Waals surface area contributed by atoms with Crippen molar-refractivity contribution in [3.05, 3.63) is 35.9 Å². The fraction of sp³-hybridized carbons (Fsp3) is 0.250. The first-order chi connectivity index (χ1) is 7.84. The van der Waals surface area contributed by atoms with E-state index in [2.05, 4.69) is 0 Å². The van der Waals surface area contributed by atoms with Crippen LogP contribution in [-0.4, -0.2) is 25.7 Å². The van der Waals surface area contributed by atoms with Gasteiger partial charge in [0.25, 0.3) is 0 Å². The smallest absolute Gasteiger partial charge is 0.328 e. The number of carboxylic acid groups (broad SMARTS) is 1. The molecule has 0 saturated carbocycles. The highest BCUT2D eigenvalue weighted by Gasteiger charge is 2.09. The zero-order chi connectivity index (χ0) is 13.1. The van der Waals surface area contributed by atoms with E-state index in [1.165, 1.54) is 12.1 Å². The van der Waals surface area contributed by atoms with Crippen molar-refractivity contribution >= 4 is 21.4 Å². The van der Waals surface area contributed by atoms with Crippen molar-refractivity contribution < 1.29 is 18.3 Å². The molecule has 0 unspecified atom stereocenters. The molecule has 0 aromatic heterocycles. The maximum atomic E-state index is 11.4. The number of sulfone groups is 1. The van der Waals surface area contributed by atoms with Crippen molar-refractivity contribution in [2.45, 2.75) is 18.2 Å². The minimum absolute atomic E-state index is 0.194. The van der Waals surface area contributed by atoms with Crippen molar-refractivity contribution in [3.63, 3.8) is 0 Å². The molecule has 0 atom stereocenters. The first kappa shape index (κ1) is 13.4. The number of hydrogen-bond acceptors (Lipinski definition) is 3. The molecule has 0 aliphatic carbocycles. The predicted octanol–water partition coefficient (Wildman–Crippen LogP) is 1.97. The number of allylic oxidation sites excluding steroid dienone is 1. The van der Waals surface area contributed by atoms with Gasteiger partial charge < -0.3 is 5.11 Å². The van der Waals surface area contributed by atoms with Crippen molar-refractivity contribution in [1.82, 2.24) is 0 Å². The molecular formula is C12H14O4S. The van der Waals surface area contributed by atoms with Gasteiger partial charge in [-0.05, 0) is 29.7 Å². The molecule has 1 rings (SSSR count). The van der Waals surface area contributed by atoms with Crippen LogP contribution in [0.1, 0.15) is 18.9 Å². The minimum Gasteiger partial charge on any atom is -0.478 e. The van der Waals surface area contributed by atoms with Gasteiger partial charge in [0.15, 0.2) is 9.84 Å². The van der Waals surface area contributed by atoms with Gasteiger partial charge in [-0.25, -0.2) is 13.2 Å². The van der Waals surface area contributed by atoms with Crippen LogP contribution in [0, 0.1) is 0 Å². The van der Waals surface area contributed by atoms with Crippen molar-refractivity contribution in [2.24, 2.45) is 0 Å². The zero-order valence-electron chi connectivity index (χ0n) is 9.67. The Morgan fingerprint density at radius 3 is 2.53 bits per heavy atom. The third-order valence-corrected chi connectivity index (χ3v) is 3.42. The standard InChI is InChI=1S/C12H14O4S/c1-3-9(8-12(13)14)10-5-4-6-11(7-10)17(2,15)16/h4-8H,3H2,1-2H3,(H,13,14)/b9-8+. The fourth-order valence-corrected chi connectivity index (χ4v) is 2.13. The lowest BCUT2D eigenvalue weighted by Crippen LogP contribution is -1.98. The molecule has 0 radical (unpaired) electrons. The van der Waals surface area contributed by atoms with Crippen molar-refractivity contribution in [2.75, 3.05) is 6.26 Å². The summed E-state index contributed by atoms with van der Waals surface area (Å²) in [5.41, 5.74) is 1.22. The minimum atomic E-state index is -3.27. The molecule has 4 nitrogen and oxygen atoms in total. The average molecular weight is 254 g/mol. The first-order valence-electron chi connectivity index (χ1n) is 5.08. The zero-order valence-corrected chi connectivity index (χ0v) is 10.5. The lowest BCUT2D eigenvalue weighted by atomic mass is 10.0. The second kappa shape index (κ2) is 5.14. The van der Waals surface area contributed by atoms with E-state index in [1.807, 2.05) is 6.92 Å². The Morgan fingerprint density at radius 2 is 2.06 bits per heavy atom. The highest BCUT2D eigenvalue weighted by molar-refractivity contribution is 7.90. The summed E-state index contributed by atoms with van der Waals surface area (Å²) < 4.78 is 22.8. The summed E-state index contributed by atoms with van der Waals surface area (Å²) in [6.45, 7) is 1.82. The molecule has 1 N–H and O–H groups in total. The molecule has 17 heavy (non-hydrogen) atoms. The van der Waals surface area contributed by atoms with Gasteiger partial charge in [-0.1, -0.05) is 19.1 Å². The Labute approximate surface area is 101 Å². The first-order valence-corrected chi connectivity index (χ1v) is 6.97. The Bertz CT molecular complexity index is 556. The Morgan fingerprint density at radius 1 is 1.41 bits per heavy atom. The molecular weight excluding hydrogens is 240 g/mol. The number of benzene rings is 1. The molecule has 5 heteroatoms. The van der Waals surface area contributed by atoms with Crippen LogP contribution in [0.4, 0.5) is 0 Å². The van der Waals surface area contributed by atoms with E-state index in [9.17, 15) is 13.2 Å². The van der Waals surface area contributed by atoms with Gasteiger partial charge in [0.1, 0.15) is 0 Å². The topological polar surface area (TPSA) is 71.4 Å². The van der Waals surface area contributed by atoms with Crippen LogP contribution < -0.4 is 0 Å². The Kier molecular flexibility index (Phi) is 4.07. The van der Waals surface area contributed by atoms with Crippen molar-refractivity contribution in [1.29, 1.82) is 0 Å². The predicted molar refractivity (Wildman–Crippen MR) is 65.5 cm³/mol. The van der Waals surface area contributed by atoms with Crippen LogP contribution in [0.25, 0.3) is 5.57 Å². The molecule has 0 spiro atoms. The molecule has 0 saturated heterocycles. The van der Waals surface area contributed by atoms with Gasteiger partial charge in [-0.2, -0.15) is 0 Å². The van der Waals surface area contributed by atoms with Crippen LogP contribution >= 0.6 is 0 Å². The third kappa shape index (κ3) is 3.71. The van der Waals surface area contributed by atoms with Crippen LogP contribution in [0.3, 0.4) is 0 Å². The molecule has 1 aromatic carbocycles. The van der Waals surface area contributed by atoms with Gasteiger partial charge in [-0.15, -0.1) is 0 Å². The summed E-state index contributed by atoms with van der Waals surface area (Å²) in [5, 5.41) is 8.71. The molecule has 0 heterocycles. The maximum Gasteiger partial charge on any atom is 0.328 e. The summed E-state index contributed by atoms with van der Waals surface area (Å²) in [4.78, 5) is 10.8. The molecule has 0 aliphatic heterocycles. The second-order valence-electron chi connectivity index (χ2n) is 3.66. The molecule has 1 aromatic rings. The summed E-state index contributed by atoms with van der Waals surface area (Å²) in [7, 11) is -3.27. The van der Waals surface area contributed by atoms with Gasteiger partial charge in [0.05, 0.1) is 4.90 Å². The van der Waals surface area contributed by atoms with Gasteiger partial charge in [0.2, 0.25) is 0 Å². The van der Waals surface area contributed by atoms with Crippen LogP contribution in [0.15, 0.2) is 35.2 Å². The highest BCUT2D eigenvalue weighted by Crippen LogP contribution is 2.21. The molecule has 0 bridgehead atoms. The molecule has 0 aliphatic rings. The maximum absolute atomic E-state index is 11.4. The normalized spacial score (nSPS) is 12.5. The summed E-state index contributed by atoms with van der Waals surface area (Å²) in [6, 6.07) is 6.30. The van der Waals surface area contributed by atoms with Crippen molar-refractivity contribution in [3.8, 4) is 0 Å². The SMILES string of the molecule is CC/C(=C\C(=O)O)c1cccc(S(C)(=O)=O)c1. The summed E-state index contributed by atoms with van der Waals surface area (Å²) >= 11 is 0. The lowest BCUT2D eigenvalue weighted by Gasteiger charge is -2.06.